The van der Waals surface area contributed by atoms with Crippen molar-refractivity contribution in [1.82, 2.24) is 0 Å². The van der Waals surface area contributed by atoms with Crippen LogP contribution >= 0.6 is 0 Å². The molecule has 0 amide bonds. The summed E-state index contributed by atoms with van der Waals surface area (Å²) in [5.41, 5.74) is 0. The summed E-state index contributed by atoms with van der Waals surface area (Å²) in [6.45, 7) is 11.8. The van der Waals surface area contributed by atoms with Gasteiger partial charge < -0.3 is 18.0 Å². The van der Waals surface area contributed by atoms with Crippen molar-refractivity contribution < 1.29 is 22.8 Å². The highest BCUT2D eigenvalue weighted by Gasteiger charge is 2.42. The van der Waals surface area contributed by atoms with E-state index < -0.39 is 21.1 Å². The lowest BCUT2D eigenvalue weighted by Gasteiger charge is -2.30. The first-order chi connectivity index (χ1) is 8.53. The third-order valence-corrected chi connectivity index (χ3v) is 5.34. The van der Waals surface area contributed by atoms with E-state index in [4.69, 9.17) is 18.0 Å². The van der Waals surface area contributed by atoms with Crippen LogP contribution in [-0.2, 0) is 22.8 Å². The second kappa shape index (κ2) is 9.27. The Balaban J connectivity index is 4.62. The van der Waals surface area contributed by atoms with E-state index in [0.717, 1.165) is 12.5 Å². The summed E-state index contributed by atoms with van der Waals surface area (Å²) in [5, 5.41) is 0. The van der Waals surface area contributed by atoms with Crippen molar-refractivity contribution in [2.45, 2.75) is 46.4 Å². The highest BCUT2D eigenvalue weighted by atomic mass is 28.4. The predicted octanol–water partition coefficient (Wildman–Crippen LogP) is 2.50. The molecule has 0 heterocycles. The normalized spacial score (nSPS) is 13.1. The smallest absolute Gasteiger partial charge is 0.434 e. The molecule has 18 heavy (non-hydrogen) atoms. The summed E-state index contributed by atoms with van der Waals surface area (Å²) in [6, 6.07) is 0.699. The Morgan fingerprint density at radius 2 is 1.83 bits per heavy atom. The molecule has 0 aromatic carbocycles. The molecule has 0 aliphatic rings. The zero-order valence-corrected chi connectivity index (χ0v) is 12.7. The van der Waals surface area contributed by atoms with Gasteiger partial charge in [-0.15, -0.1) is 0 Å². The highest BCUT2D eigenvalue weighted by Crippen LogP contribution is 2.20. The van der Waals surface area contributed by atoms with Crippen LogP contribution in [0.2, 0.25) is 6.04 Å². The lowest BCUT2D eigenvalue weighted by molar-refractivity contribution is -0.161. The molecule has 0 N–H and O–H groups in total. The van der Waals surface area contributed by atoms with Crippen LogP contribution < -0.4 is 0 Å². The predicted molar refractivity (Wildman–Crippen MR) is 70.9 cm³/mol. The van der Waals surface area contributed by atoms with Crippen molar-refractivity contribution in [1.29, 1.82) is 0 Å². The molecule has 106 valence electrons. The fourth-order valence-corrected chi connectivity index (χ4v) is 4.22. The van der Waals surface area contributed by atoms with Gasteiger partial charge in [-0.3, -0.25) is 0 Å². The monoisotopic (exact) mass is 276 g/mol. The van der Waals surface area contributed by atoms with Gasteiger partial charge in [0.05, 0.1) is 0 Å². The van der Waals surface area contributed by atoms with E-state index in [1.165, 1.54) is 0 Å². The van der Waals surface area contributed by atoms with E-state index in [-0.39, 0.29) is 0 Å². The number of hydrogen-bond donors (Lipinski definition) is 0. The van der Waals surface area contributed by atoms with Crippen molar-refractivity contribution in [2.75, 3.05) is 13.2 Å². The largest absolute Gasteiger partial charge is 0.503 e. The van der Waals surface area contributed by atoms with Crippen LogP contribution in [0.1, 0.15) is 34.1 Å². The standard InChI is InChI=1S/C12H24O5Si/c1-6-10-18(14-8-3,15-9-4)17-11(5)16-12(13)7-2/h7,11H,2,6,8-10H2,1,3-5H3. The molecule has 0 aromatic rings. The van der Waals surface area contributed by atoms with Crippen LogP contribution in [0.5, 0.6) is 0 Å². The van der Waals surface area contributed by atoms with Gasteiger partial charge in [-0.2, -0.15) is 0 Å². The number of carbonyl (C=O) groups excluding carboxylic acids is 1. The molecular weight excluding hydrogens is 252 g/mol. The third-order valence-electron chi connectivity index (χ3n) is 2.08. The van der Waals surface area contributed by atoms with Crippen LogP contribution in [0, 0.1) is 0 Å². The maximum atomic E-state index is 11.1. The van der Waals surface area contributed by atoms with Crippen molar-refractivity contribution in [3.05, 3.63) is 12.7 Å². The lowest BCUT2D eigenvalue weighted by Crippen LogP contribution is -2.48. The van der Waals surface area contributed by atoms with E-state index in [1.807, 2.05) is 20.8 Å². The first-order valence-electron chi connectivity index (χ1n) is 6.32. The molecule has 0 radical (unpaired) electrons. The average molecular weight is 276 g/mol. The molecule has 0 fully saturated rings. The van der Waals surface area contributed by atoms with Crippen molar-refractivity contribution >= 4 is 14.8 Å². The fraction of sp³-hybridized carbons (Fsp3) is 0.750. The highest BCUT2D eigenvalue weighted by molar-refractivity contribution is 6.60. The Morgan fingerprint density at radius 3 is 2.22 bits per heavy atom. The minimum absolute atomic E-state index is 0.508. The molecule has 0 saturated carbocycles. The van der Waals surface area contributed by atoms with E-state index in [9.17, 15) is 4.79 Å². The zero-order valence-electron chi connectivity index (χ0n) is 11.7. The van der Waals surface area contributed by atoms with Gasteiger partial charge in [0, 0.05) is 25.3 Å². The maximum absolute atomic E-state index is 11.1. The summed E-state index contributed by atoms with van der Waals surface area (Å²) in [7, 11) is -2.75. The van der Waals surface area contributed by atoms with Crippen molar-refractivity contribution in [3.8, 4) is 0 Å². The molecule has 6 heteroatoms. The number of esters is 1. The van der Waals surface area contributed by atoms with Gasteiger partial charge in [0.25, 0.3) is 0 Å². The molecule has 0 aliphatic carbocycles. The number of ether oxygens (including phenoxy) is 1. The quantitative estimate of drug-likeness (QED) is 0.265. The Hall–Kier alpha value is -0.693. The SMILES string of the molecule is C=CC(=O)OC(C)O[Si](CCC)(OCC)OCC. The summed E-state index contributed by atoms with van der Waals surface area (Å²) < 4.78 is 22.1. The molecule has 0 spiro atoms. The topological polar surface area (TPSA) is 54.0 Å². The Kier molecular flexibility index (Phi) is 8.91. The number of hydrogen-bond acceptors (Lipinski definition) is 5. The fourth-order valence-electron chi connectivity index (χ4n) is 1.55. The third kappa shape index (κ3) is 6.30. The summed E-state index contributed by atoms with van der Waals surface area (Å²) in [4.78, 5) is 11.1. The van der Waals surface area contributed by atoms with Crippen LogP contribution in [0.25, 0.3) is 0 Å². The van der Waals surface area contributed by atoms with Crippen molar-refractivity contribution in [3.63, 3.8) is 0 Å². The number of rotatable bonds is 10. The van der Waals surface area contributed by atoms with Gasteiger partial charge in [0.2, 0.25) is 0 Å². The van der Waals surface area contributed by atoms with E-state index in [0.29, 0.717) is 19.3 Å². The van der Waals surface area contributed by atoms with E-state index >= 15 is 0 Å². The van der Waals surface area contributed by atoms with Crippen LogP contribution in [0.4, 0.5) is 0 Å². The minimum Gasteiger partial charge on any atom is -0.434 e. The molecule has 5 nitrogen and oxygen atoms in total. The minimum atomic E-state index is -2.75. The van der Waals surface area contributed by atoms with Gasteiger partial charge in [0.15, 0.2) is 6.29 Å². The molecule has 1 atom stereocenters. The second-order valence-electron chi connectivity index (χ2n) is 3.63. The van der Waals surface area contributed by atoms with E-state index in [2.05, 4.69) is 6.58 Å². The van der Waals surface area contributed by atoms with Crippen LogP contribution in [-0.4, -0.2) is 34.3 Å². The summed E-state index contributed by atoms with van der Waals surface area (Å²) >= 11 is 0. The van der Waals surface area contributed by atoms with Crippen molar-refractivity contribution in [2.24, 2.45) is 0 Å². The molecule has 0 bridgehead atoms. The Labute approximate surface area is 110 Å². The van der Waals surface area contributed by atoms with Gasteiger partial charge in [0.1, 0.15) is 0 Å². The molecule has 0 rings (SSSR count). The Bertz CT molecular complexity index is 240. The second-order valence-corrected chi connectivity index (χ2v) is 6.30. The molecule has 0 aliphatic heterocycles. The zero-order chi connectivity index (χ0) is 14.0. The van der Waals surface area contributed by atoms with Crippen LogP contribution in [0.15, 0.2) is 12.7 Å². The summed E-state index contributed by atoms with van der Waals surface area (Å²) in [5.74, 6) is -0.519. The first-order valence-corrected chi connectivity index (χ1v) is 8.25. The number of carbonyl (C=O) groups is 1. The van der Waals surface area contributed by atoms with Gasteiger partial charge in [-0.25, -0.2) is 4.79 Å². The average Bonchev–Trinajstić information content (AvgIpc) is 2.29. The molecule has 0 saturated heterocycles. The molecule has 1 unspecified atom stereocenters. The van der Waals surface area contributed by atoms with Crippen LogP contribution in [0.3, 0.4) is 0 Å². The van der Waals surface area contributed by atoms with Gasteiger partial charge >= 0.3 is 14.8 Å². The maximum Gasteiger partial charge on any atom is 0.503 e. The summed E-state index contributed by atoms with van der Waals surface area (Å²) in [6.07, 6.45) is 1.28. The molecule has 0 aromatic heterocycles. The van der Waals surface area contributed by atoms with Gasteiger partial charge in [-0.05, 0) is 20.8 Å². The van der Waals surface area contributed by atoms with Gasteiger partial charge in [-0.1, -0.05) is 19.9 Å². The van der Waals surface area contributed by atoms with E-state index in [1.54, 1.807) is 6.92 Å². The lowest BCUT2D eigenvalue weighted by atomic mass is 10.6. The Morgan fingerprint density at radius 1 is 1.28 bits per heavy atom. The first kappa shape index (κ1) is 17.3. The molecular formula is C12H24O5Si.